The van der Waals surface area contributed by atoms with Gasteiger partial charge in [0.15, 0.2) is 5.84 Å². The summed E-state index contributed by atoms with van der Waals surface area (Å²) in [5.41, 5.74) is 6.98. The second-order valence-corrected chi connectivity index (χ2v) is 3.78. The highest BCUT2D eigenvalue weighted by Gasteiger charge is 2.03. The van der Waals surface area contributed by atoms with Gasteiger partial charge in [-0.25, -0.2) is 0 Å². The molecular formula is C13H13N3O2. The zero-order valence-corrected chi connectivity index (χ0v) is 9.87. The topological polar surface area (TPSA) is 80.7 Å². The van der Waals surface area contributed by atoms with E-state index in [1.165, 1.54) is 6.20 Å². The van der Waals surface area contributed by atoms with Crippen LogP contribution in [0.25, 0.3) is 0 Å². The van der Waals surface area contributed by atoms with Crippen LogP contribution in [0.1, 0.15) is 11.3 Å². The molecule has 0 unspecified atom stereocenters. The van der Waals surface area contributed by atoms with Gasteiger partial charge < -0.3 is 15.7 Å². The molecule has 0 radical (unpaired) electrons. The van der Waals surface area contributed by atoms with Crippen LogP contribution in [-0.4, -0.2) is 16.0 Å². The molecule has 5 nitrogen and oxygen atoms in total. The number of nitrogens with zero attached hydrogens (tertiary/aromatic N) is 2. The lowest BCUT2D eigenvalue weighted by atomic mass is 10.2. The molecule has 1 aromatic carbocycles. The van der Waals surface area contributed by atoms with Gasteiger partial charge in [-0.15, -0.1) is 0 Å². The summed E-state index contributed by atoms with van der Waals surface area (Å²) in [7, 11) is 0. The van der Waals surface area contributed by atoms with Crippen LogP contribution in [-0.2, 0) is 0 Å². The maximum absolute atomic E-state index is 8.58. The van der Waals surface area contributed by atoms with E-state index < -0.39 is 0 Å². The largest absolute Gasteiger partial charge is 0.457 e. The normalized spacial score (nSPS) is 11.3. The molecule has 0 aliphatic carbocycles. The van der Waals surface area contributed by atoms with E-state index in [9.17, 15) is 0 Å². The van der Waals surface area contributed by atoms with Gasteiger partial charge in [-0.3, -0.25) is 4.98 Å². The fourth-order valence-electron chi connectivity index (χ4n) is 1.41. The molecule has 3 N–H and O–H groups in total. The third kappa shape index (κ3) is 2.76. The number of nitrogens with two attached hydrogens (primary N) is 1. The van der Waals surface area contributed by atoms with Crippen LogP contribution in [0.15, 0.2) is 47.8 Å². The van der Waals surface area contributed by atoms with Crippen LogP contribution in [0, 0.1) is 6.92 Å². The number of ether oxygens (including phenoxy) is 1. The fourth-order valence-corrected chi connectivity index (χ4v) is 1.41. The van der Waals surface area contributed by atoms with Gasteiger partial charge in [-0.1, -0.05) is 22.9 Å². The lowest BCUT2D eigenvalue weighted by Gasteiger charge is -2.06. The Morgan fingerprint density at radius 3 is 2.61 bits per heavy atom. The van der Waals surface area contributed by atoms with Gasteiger partial charge in [0.1, 0.15) is 17.2 Å². The smallest absolute Gasteiger partial charge is 0.188 e. The summed E-state index contributed by atoms with van der Waals surface area (Å²) >= 11 is 0. The molecule has 0 amide bonds. The summed E-state index contributed by atoms with van der Waals surface area (Å²) in [6.07, 6.45) is 1.54. The van der Waals surface area contributed by atoms with Crippen molar-refractivity contribution in [3.8, 4) is 11.5 Å². The van der Waals surface area contributed by atoms with E-state index in [4.69, 9.17) is 15.7 Å². The van der Waals surface area contributed by atoms with Crippen LogP contribution in [0.3, 0.4) is 0 Å². The van der Waals surface area contributed by atoms with Crippen molar-refractivity contribution in [2.45, 2.75) is 6.92 Å². The molecule has 0 aliphatic rings. The third-order valence-electron chi connectivity index (χ3n) is 2.36. The number of pyridine rings is 1. The van der Waals surface area contributed by atoms with Crippen molar-refractivity contribution < 1.29 is 9.94 Å². The minimum Gasteiger partial charge on any atom is -0.457 e. The first kappa shape index (κ1) is 11.9. The zero-order valence-electron chi connectivity index (χ0n) is 9.87. The van der Waals surface area contributed by atoms with E-state index >= 15 is 0 Å². The molecule has 0 fully saturated rings. The number of aryl methyl sites for hydroxylation is 1. The Bertz CT molecular complexity index is 565. The maximum atomic E-state index is 8.58. The highest BCUT2D eigenvalue weighted by Crippen LogP contribution is 2.21. The Kier molecular flexibility index (Phi) is 3.43. The Labute approximate surface area is 105 Å². The number of rotatable bonds is 3. The summed E-state index contributed by atoms with van der Waals surface area (Å²) in [6, 6.07) is 11.0. The standard InChI is InChI=1S/C13H13N3O2/c1-9-2-4-10(5-3-9)18-11-6-7-15-12(8-11)13(14)16-17/h2-8,17H,1H3,(H2,14,16). The molecule has 92 valence electrons. The summed E-state index contributed by atoms with van der Waals surface area (Å²) in [5.74, 6) is 1.25. The molecule has 0 aliphatic heterocycles. The van der Waals surface area contributed by atoms with Crippen molar-refractivity contribution in [3.63, 3.8) is 0 Å². The van der Waals surface area contributed by atoms with Gasteiger partial charge in [0, 0.05) is 12.3 Å². The van der Waals surface area contributed by atoms with Crippen molar-refractivity contribution in [2.75, 3.05) is 0 Å². The number of aromatic nitrogens is 1. The Morgan fingerprint density at radius 1 is 1.22 bits per heavy atom. The van der Waals surface area contributed by atoms with E-state index in [0.717, 1.165) is 11.3 Å². The quantitative estimate of drug-likeness (QED) is 0.375. The van der Waals surface area contributed by atoms with Crippen molar-refractivity contribution >= 4 is 5.84 Å². The number of benzene rings is 1. The zero-order chi connectivity index (χ0) is 13.0. The summed E-state index contributed by atoms with van der Waals surface area (Å²) in [5, 5.41) is 11.5. The van der Waals surface area contributed by atoms with Crippen molar-refractivity contribution in [1.82, 2.24) is 4.98 Å². The number of oxime groups is 1. The predicted octanol–water partition coefficient (Wildman–Crippen LogP) is 2.28. The molecule has 2 aromatic rings. The number of amidine groups is 1. The molecular weight excluding hydrogens is 230 g/mol. The molecule has 0 atom stereocenters. The predicted molar refractivity (Wildman–Crippen MR) is 68.0 cm³/mol. The highest BCUT2D eigenvalue weighted by molar-refractivity contribution is 5.95. The van der Waals surface area contributed by atoms with Crippen LogP contribution in [0.5, 0.6) is 11.5 Å². The molecule has 0 saturated carbocycles. The Balaban J connectivity index is 2.22. The summed E-state index contributed by atoms with van der Waals surface area (Å²) < 4.78 is 5.64. The molecule has 0 spiro atoms. The van der Waals surface area contributed by atoms with Gasteiger partial charge in [-0.2, -0.15) is 0 Å². The minimum absolute atomic E-state index is 0.0515. The first-order chi connectivity index (χ1) is 8.69. The lowest BCUT2D eigenvalue weighted by molar-refractivity contribution is 0.318. The molecule has 18 heavy (non-hydrogen) atoms. The van der Waals surface area contributed by atoms with Gasteiger partial charge in [0.25, 0.3) is 0 Å². The number of hydrogen-bond acceptors (Lipinski definition) is 4. The summed E-state index contributed by atoms with van der Waals surface area (Å²) in [4.78, 5) is 3.97. The first-order valence-electron chi connectivity index (χ1n) is 5.37. The maximum Gasteiger partial charge on any atom is 0.188 e. The lowest BCUT2D eigenvalue weighted by Crippen LogP contribution is -2.14. The molecule has 0 saturated heterocycles. The minimum atomic E-state index is -0.0515. The second kappa shape index (κ2) is 5.18. The summed E-state index contributed by atoms with van der Waals surface area (Å²) in [6.45, 7) is 2.01. The Morgan fingerprint density at radius 2 is 1.94 bits per heavy atom. The molecule has 1 heterocycles. The van der Waals surface area contributed by atoms with Crippen LogP contribution in [0.2, 0.25) is 0 Å². The molecule has 5 heteroatoms. The van der Waals surface area contributed by atoms with Crippen molar-refractivity contribution in [1.29, 1.82) is 0 Å². The van der Waals surface area contributed by atoms with Gasteiger partial charge >= 0.3 is 0 Å². The van der Waals surface area contributed by atoms with E-state index in [1.54, 1.807) is 12.1 Å². The average Bonchev–Trinajstić information content (AvgIpc) is 2.41. The van der Waals surface area contributed by atoms with E-state index in [2.05, 4.69) is 10.1 Å². The van der Waals surface area contributed by atoms with E-state index in [1.807, 2.05) is 31.2 Å². The highest BCUT2D eigenvalue weighted by atomic mass is 16.5. The van der Waals surface area contributed by atoms with E-state index in [-0.39, 0.29) is 5.84 Å². The Hall–Kier alpha value is -2.56. The van der Waals surface area contributed by atoms with E-state index in [0.29, 0.717) is 11.4 Å². The second-order valence-electron chi connectivity index (χ2n) is 3.78. The monoisotopic (exact) mass is 243 g/mol. The van der Waals surface area contributed by atoms with Crippen molar-refractivity contribution in [2.24, 2.45) is 10.9 Å². The van der Waals surface area contributed by atoms with Crippen LogP contribution in [0.4, 0.5) is 0 Å². The van der Waals surface area contributed by atoms with Crippen molar-refractivity contribution in [3.05, 3.63) is 53.9 Å². The molecule has 0 bridgehead atoms. The van der Waals surface area contributed by atoms with Gasteiger partial charge in [0.2, 0.25) is 0 Å². The fraction of sp³-hybridized carbons (Fsp3) is 0.0769. The third-order valence-corrected chi connectivity index (χ3v) is 2.36. The SMILES string of the molecule is Cc1ccc(Oc2ccnc(C(N)=NO)c2)cc1. The first-order valence-corrected chi connectivity index (χ1v) is 5.37. The molecule has 1 aromatic heterocycles. The van der Waals surface area contributed by atoms with Crippen LogP contribution >= 0.6 is 0 Å². The number of hydrogen-bond donors (Lipinski definition) is 2. The average molecular weight is 243 g/mol. The van der Waals surface area contributed by atoms with Crippen LogP contribution < -0.4 is 10.5 Å². The van der Waals surface area contributed by atoms with Gasteiger partial charge in [-0.05, 0) is 25.1 Å². The molecule has 2 rings (SSSR count). The van der Waals surface area contributed by atoms with Gasteiger partial charge in [0.05, 0.1) is 0 Å².